The molecule has 0 aliphatic heterocycles. The van der Waals surface area contributed by atoms with Crippen LogP contribution in [0.4, 0.5) is 45.5 Å². The number of nitro groups is 4. The molecular formula is C34H14Cl4N8O12Zn2. The van der Waals surface area contributed by atoms with Crippen molar-refractivity contribution in [2.24, 2.45) is 20.0 Å². The minimum Gasteiger partial charge on any atom is -0.871 e. The molecule has 26 heteroatoms. The van der Waals surface area contributed by atoms with Crippen LogP contribution in [0.3, 0.4) is 0 Å². The predicted molar refractivity (Wildman–Crippen MR) is 206 cm³/mol. The van der Waals surface area contributed by atoms with E-state index in [1.165, 1.54) is 24.3 Å². The average molecular weight is 999 g/mol. The fourth-order valence-electron chi connectivity index (χ4n) is 4.79. The van der Waals surface area contributed by atoms with Crippen LogP contribution in [0.25, 0.3) is 0 Å². The Morgan fingerprint density at radius 2 is 0.683 bits per heavy atom. The number of hydrogen-bond donors (Lipinski definition) is 0. The molecule has 5 aromatic carbocycles. The summed E-state index contributed by atoms with van der Waals surface area (Å²) in [5, 5.41) is 96.9. The molecule has 0 saturated carbocycles. The third-order valence-electron chi connectivity index (χ3n) is 7.50. The second kappa shape index (κ2) is 20.3. The van der Waals surface area contributed by atoms with Crippen molar-refractivity contribution in [3.63, 3.8) is 0 Å². The number of halogens is 4. The average Bonchev–Trinajstić information content (AvgIpc) is 3.15. The van der Waals surface area contributed by atoms with Gasteiger partial charge in [-0.15, -0.1) is 0 Å². The summed E-state index contributed by atoms with van der Waals surface area (Å²) in [6, 6.07) is 9.28. The maximum Gasteiger partial charge on any atom is 2.00 e. The summed E-state index contributed by atoms with van der Waals surface area (Å²) in [6.45, 7) is 0. The summed E-state index contributed by atoms with van der Waals surface area (Å²) in [6.07, 6.45) is 3.45. The summed E-state index contributed by atoms with van der Waals surface area (Å²) in [5.74, 6) is -3.95. The molecule has 20 nitrogen and oxygen atoms in total. The summed E-state index contributed by atoms with van der Waals surface area (Å²) >= 11 is 24.1. The summed E-state index contributed by atoms with van der Waals surface area (Å²) in [5.41, 5.74) is -6.59. The van der Waals surface area contributed by atoms with Gasteiger partial charge in [-0.3, -0.25) is 60.4 Å². The Labute approximate surface area is 379 Å². The molecule has 5 rings (SSSR count). The first-order valence-electron chi connectivity index (χ1n) is 15.3. The van der Waals surface area contributed by atoms with Crippen molar-refractivity contribution >= 4 is 117 Å². The molecule has 0 aliphatic carbocycles. The second-order valence-electron chi connectivity index (χ2n) is 11.3. The van der Waals surface area contributed by atoms with Crippen LogP contribution in [-0.2, 0) is 39.0 Å². The van der Waals surface area contributed by atoms with E-state index in [1.54, 1.807) is 0 Å². The molecule has 0 fully saturated rings. The van der Waals surface area contributed by atoms with Crippen LogP contribution in [0.1, 0.15) is 22.3 Å². The minimum absolute atomic E-state index is 0. The van der Waals surface area contributed by atoms with Gasteiger partial charge in [-0.25, -0.2) is 0 Å². The maximum atomic E-state index is 12.9. The van der Waals surface area contributed by atoms with Crippen LogP contribution in [0, 0.1) is 40.5 Å². The van der Waals surface area contributed by atoms with Crippen LogP contribution in [-0.4, -0.2) is 44.6 Å². The van der Waals surface area contributed by atoms with Crippen molar-refractivity contribution in [1.82, 2.24) is 0 Å². The van der Waals surface area contributed by atoms with Gasteiger partial charge in [-0.1, -0.05) is 57.9 Å². The second-order valence-corrected chi connectivity index (χ2v) is 13.0. The van der Waals surface area contributed by atoms with Crippen LogP contribution in [0.15, 0.2) is 80.6 Å². The van der Waals surface area contributed by atoms with E-state index in [1.807, 2.05) is 0 Å². The number of nitro benzene ring substituents is 4. The fraction of sp³-hybridized carbons (Fsp3) is 0. The Morgan fingerprint density at radius 3 is 0.950 bits per heavy atom. The van der Waals surface area contributed by atoms with Crippen molar-refractivity contribution in [3.05, 3.63) is 143 Å². The predicted octanol–water partition coefficient (Wildman–Crippen LogP) is 7.22. The van der Waals surface area contributed by atoms with Crippen molar-refractivity contribution in [1.29, 1.82) is 0 Å². The largest absolute Gasteiger partial charge is 2.00 e. The molecular weight excluding hydrogens is 985 g/mol. The molecule has 60 heavy (non-hydrogen) atoms. The Bertz CT molecular complexity index is 2540. The number of benzene rings is 5. The minimum atomic E-state index is -1.27. The van der Waals surface area contributed by atoms with Crippen molar-refractivity contribution in [2.75, 3.05) is 0 Å². The number of hydrogen-bond acceptors (Lipinski definition) is 16. The third-order valence-corrected chi connectivity index (χ3v) is 8.50. The van der Waals surface area contributed by atoms with Gasteiger partial charge in [0.1, 0.15) is 0 Å². The van der Waals surface area contributed by atoms with E-state index >= 15 is 0 Å². The zero-order chi connectivity index (χ0) is 42.6. The molecule has 0 spiro atoms. The van der Waals surface area contributed by atoms with Gasteiger partial charge in [0.05, 0.1) is 54.6 Å². The van der Waals surface area contributed by atoms with Gasteiger partial charge in [-0.05, 0) is 70.2 Å². The van der Waals surface area contributed by atoms with E-state index in [4.69, 9.17) is 46.4 Å². The molecule has 0 heterocycles. The Hall–Kier alpha value is -6.01. The molecule has 0 unspecified atom stereocenters. The van der Waals surface area contributed by atoms with Crippen molar-refractivity contribution in [2.45, 2.75) is 0 Å². The van der Waals surface area contributed by atoms with Gasteiger partial charge < -0.3 is 20.4 Å². The fourth-order valence-corrected chi connectivity index (χ4v) is 5.81. The standard InChI is InChI=1S/C34H18Cl4N8O12.2Zn/c35-19-1-15(31(47)23(37)5-19)11-39-25-9-26(40-12-16-2-20(36)6-24(38)32(16)48)28(42-14-18-4-22(44(53)54)8-30(34(18)50)46(57)58)10-27(25)41-13-17-3-21(43(51)52)7-29(33(17)49)45(55)56;;/h1-14,47-50H;;/q;2*+2/p-4. The summed E-state index contributed by atoms with van der Waals surface area (Å²) in [7, 11) is 0. The molecule has 0 amide bonds. The van der Waals surface area contributed by atoms with Gasteiger partial charge in [0.15, 0.2) is 0 Å². The van der Waals surface area contributed by atoms with E-state index in [-0.39, 0.29) is 92.9 Å². The van der Waals surface area contributed by atoms with Crippen molar-refractivity contribution in [3.8, 4) is 23.0 Å². The number of non-ortho nitro benzene ring substituents is 2. The van der Waals surface area contributed by atoms with E-state index in [2.05, 4.69) is 20.0 Å². The van der Waals surface area contributed by atoms with Gasteiger partial charge in [0.25, 0.3) is 22.7 Å². The molecule has 0 aromatic heterocycles. The van der Waals surface area contributed by atoms with Crippen LogP contribution in [0.5, 0.6) is 23.0 Å². The molecule has 0 N–H and O–H groups in total. The zero-order valence-electron chi connectivity index (χ0n) is 29.5. The van der Waals surface area contributed by atoms with E-state index < -0.39 is 76.6 Å². The first-order chi connectivity index (χ1) is 27.3. The quantitative estimate of drug-likeness (QED) is 0.0517. The van der Waals surface area contributed by atoms with Crippen molar-refractivity contribution < 1.29 is 79.1 Å². The molecule has 0 atom stereocenters. The molecule has 5 aromatic rings. The Balaban J connectivity index is 0.00000480. The van der Waals surface area contributed by atoms with Gasteiger partial charge in [-0.2, -0.15) is 0 Å². The normalized spacial score (nSPS) is 11.3. The molecule has 294 valence electrons. The number of aliphatic imine (C=N–C) groups is 4. The van der Waals surface area contributed by atoms with Crippen LogP contribution < -0.4 is 20.4 Å². The van der Waals surface area contributed by atoms with Gasteiger partial charge in [0.2, 0.25) is 0 Å². The maximum absolute atomic E-state index is 12.9. The number of nitrogens with zero attached hydrogens (tertiary/aromatic N) is 8. The molecule has 0 bridgehead atoms. The number of rotatable bonds is 12. The first-order valence-corrected chi connectivity index (χ1v) is 16.8. The SMILES string of the molecule is O=[N+]([O-])c1cc(C=Nc2cc(N=Cc3cc([N+](=O)[O-])cc([N+](=O)[O-])c3[O-])c(N=Cc3cc(Cl)cc(Cl)c3[O-])cc2N=Cc2cc(Cl)cc(Cl)c2[O-])c([O-])c([N+](=O)[O-])c1.[Zn+2].[Zn+2]. The molecule has 0 aliphatic rings. The van der Waals surface area contributed by atoms with Gasteiger partial charge >= 0.3 is 39.0 Å². The van der Waals surface area contributed by atoms with E-state index in [0.29, 0.717) is 24.3 Å². The summed E-state index contributed by atoms with van der Waals surface area (Å²) in [4.78, 5) is 58.6. The van der Waals surface area contributed by atoms with Gasteiger partial charge in [0, 0.05) is 57.1 Å². The van der Waals surface area contributed by atoms with Crippen LogP contribution in [0.2, 0.25) is 20.1 Å². The molecule has 0 radical (unpaired) electrons. The Kier molecular flexibility index (Phi) is 16.4. The third kappa shape index (κ3) is 11.2. The molecule has 0 saturated heterocycles. The van der Waals surface area contributed by atoms with E-state index in [9.17, 15) is 60.9 Å². The zero-order valence-corrected chi connectivity index (χ0v) is 38.4. The van der Waals surface area contributed by atoms with Crippen LogP contribution >= 0.6 is 46.4 Å². The smallest absolute Gasteiger partial charge is 0.871 e. The topological polar surface area (TPSA) is 314 Å². The Morgan fingerprint density at radius 1 is 0.400 bits per heavy atom. The summed E-state index contributed by atoms with van der Waals surface area (Å²) < 4.78 is 0. The first kappa shape index (κ1) is 48.4. The van der Waals surface area contributed by atoms with E-state index in [0.717, 1.165) is 37.0 Å². The monoisotopic (exact) mass is 994 g/mol.